The van der Waals surface area contributed by atoms with E-state index in [-0.39, 0.29) is 23.3 Å². The molecule has 0 aliphatic carbocycles. The molecule has 0 aromatic heterocycles. The van der Waals surface area contributed by atoms with Gasteiger partial charge in [-0.15, -0.1) is 0 Å². The molecule has 0 spiro atoms. The molecule has 0 saturated carbocycles. The first-order valence-corrected chi connectivity index (χ1v) is 8.35. The molecule has 1 heterocycles. The minimum Gasteiger partial charge on any atom is -0.508 e. The summed E-state index contributed by atoms with van der Waals surface area (Å²) in [6.45, 7) is 4.27. The minimum absolute atomic E-state index is 0.0215. The molecule has 2 amide bonds. The van der Waals surface area contributed by atoms with E-state index in [2.05, 4.69) is 5.32 Å². The molecule has 2 aromatic carbocycles. The van der Waals surface area contributed by atoms with Crippen molar-refractivity contribution in [1.29, 1.82) is 0 Å². The van der Waals surface area contributed by atoms with Gasteiger partial charge in [0.1, 0.15) is 11.3 Å². The molecule has 1 aliphatic rings. The van der Waals surface area contributed by atoms with Crippen molar-refractivity contribution in [3.63, 3.8) is 0 Å². The smallest absolute Gasteiger partial charge is 0.254 e. The number of benzene rings is 2. The second kappa shape index (κ2) is 6.63. The van der Waals surface area contributed by atoms with Crippen molar-refractivity contribution in [3.05, 3.63) is 65.2 Å². The van der Waals surface area contributed by atoms with Crippen molar-refractivity contribution >= 4 is 17.6 Å². The third-order valence-electron chi connectivity index (χ3n) is 4.60. The lowest BCUT2D eigenvalue weighted by atomic mass is 9.96. The zero-order valence-electron chi connectivity index (χ0n) is 14.7. The van der Waals surface area contributed by atoms with Crippen molar-refractivity contribution in [2.45, 2.75) is 19.4 Å². The minimum atomic E-state index is -0.925. The first-order chi connectivity index (χ1) is 12.3. The molecule has 6 heteroatoms. The summed E-state index contributed by atoms with van der Waals surface area (Å²) in [5.74, 6) is -0.653. The van der Waals surface area contributed by atoms with Gasteiger partial charge in [-0.1, -0.05) is 24.3 Å². The Morgan fingerprint density at radius 3 is 2.35 bits per heavy atom. The molecule has 6 nitrogen and oxygen atoms in total. The highest BCUT2D eigenvalue weighted by Gasteiger charge is 2.40. The molecule has 0 atom stereocenters. The molecule has 2 N–H and O–H groups in total. The van der Waals surface area contributed by atoms with Crippen LogP contribution in [0, 0.1) is 0 Å². The monoisotopic (exact) mass is 352 g/mol. The Hall–Kier alpha value is -3.15. The molecule has 26 heavy (non-hydrogen) atoms. The van der Waals surface area contributed by atoms with E-state index in [1.54, 1.807) is 50.2 Å². The van der Waals surface area contributed by atoms with Crippen LogP contribution >= 0.6 is 0 Å². The third-order valence-corrected chi connectivity index (χ3v) is 4.60. The van der Waals surface area contributed by atoms with Gasteiger partial charge in [0.2, 0.25) is 5.91 Å². The molecule has 0 unspecified atom stereocenters. The number of phenolic OH excluding ortho intramolecular Hbond substituents is 1. The van der Waals surface area contributed by atoms with Gasteiger partial charge in [0.25, 0.3) is 5.91 Å². The van der Waals surface area contributed by atoms with E-state index >= 15 is 0 Å². The zero-order chi connectivity index (χ0) is 18.9. The second-order valence-corrected chi connectivity index (χ2v) is 6.73. The highest BCUT2D eigenvalue weighted by atomic mass is 16.3. The highest BCUT2D eigenvalue weighted by molar-refractivity contribution is 6.09. The number of nitrogens with zero attached hydrogens (tertiary/aromatic N) is 1. The van der Waals surface area contributed by atoms with E-state index in [4.69, 9.17) is 0 Å². The Bertz CT molecular complexity index is 872. The summed E-state index contributed by atoms with van der Waals surface area (Å²) in [4.78, 5) is 38.8. The van der Waals surface area contributed by atoms with Crippen LogP contribution in [0.15, 0.2) is 48.5 Å². The summed E-state index contributed by atoms with van der Waals surface area (Å²) in [7, 11) is 0. The van der Waals surface area contributed by atoms with Crippen molar-refractivity contribution in [1.82, 2.24) is 10.2 Å². The number of amides is 2. The molecule has 3 rings (SSSR count). The maximum absolute atomic E-state index is 12.8. The Kier molecular flexibility index (Phi) is 4.50. The van der Waals surface area contributed by atoms with Gasteiger partial charge in [0, 0.05) is 29.8 Å². The number of carbonyl (C=O) groups is 3. The van der Waals surface area contributed by atoms with Gasteiger partial charge >= 0.3 is 0 Å². The van der Waals surface area contributed by atoms with Crippen LogP contribution in [0.3, 0.4) is 0 Å². The fourth-order valence-corrected chi connectivity index (χ4v) is 2.99. The average molecular weight is 352 g/mol. The van der Waals surface area contributed by atoms with Crippen molar-refractivity contribution in [2.75, 3.05) is 13.1 Å². The van der Waals surface area contributed by atoms with E-state index in [0.29, 0.717) is 29.8 Å². The number of hydrogen-bond donors (Lipinski definition) is 2. The van der Waals surface area contributed by atoms with Gasteiger partial charge < -0.3 is 15.3 Å². The molecule has 134 valence electrons. The lowest BCUT2D eigenvalue weighted by Gasteiger charge is -2.41. The predicted molar refractivity (Wildman–Crippen MR) is 96.1 cm³/mol. The SMILES string of the molecule is CC1(C)C(=O)NCCN1C(=O)c1ccc(C(=O)c2cccc(O)c2)cc1. The van der Waals surface area contributed by atoms with Crippen molar-refractivity contribution < 1.29 is 19.5 Å². The Morgan fingerprint density at radius 2 is 1.69 bits per heavy atom. The number of nitrogens with one attached hydrogen (secondary N) is 1. The van der Waals surface area contributed by atoms with E-state index in [1.165, 1.54) is 17.0 Å². The zero-order valence-corrected chi connectivity index (χ0v) is 14.7. The van der Waals surface area contributed by atoms with Crippen LogP contribution in [0.25, 0.3) is 0 Å². The van der Waals surface area contributed by atoms with Gasteiger partial charge in [-0.2, -0.15) is 0 Å². The summed E-state index contributed by atoms with van der Waals surface area (Å²) in [6.07, 6.45) is 0. The summed E-state index contributed by atoms with van der Waals surface area (Å²) in [6, 6.07) is 12.4. The Balaban J connectivity index is 1.82. The van der Waals surface area contributed by atoms with Gasteiger partial charge in [0.05, 0.1) is 0 Å². The quantitative estimate of drug-likeness (QED) is 0.827. The van der Waals surface area contributed by atoms with Crippen LogP contribution < -0.4 is 5.32 Å². The molecule has 2 aromatic rings. The summed E-state index contributed by atoms with van der Waals surface area (Å²) < 4.78 is 0. The lowest BCUT2D eigenvalue weighted by molar-refractivity contribution is -0.133. The van der Waals surface area contributed by atoms with Crippen LogP contribution in [0.2, 0.25) is 0 Å². The summed E-state index contributed by atoms with van der Waals surface area (Å²) >= 11 is 0. The number of phenols is 1. The predicted octanol–water partition coefficient (Wildman–Crippen LogP) is 1.97. The summed E-state index contributed by atoms with van der Waals surface area (Å²) in [5.41, 5.74) is 0.284. The van der Waals surface area contributed by atoms with E-state index in [9.17, 15) is 19.5 Å². The Labute approximate surface area is 151 Å². The normalized spacial score (nSPS) is 16.1. The Morgan fingerprint density at radius 1 is 1.04 bits per heavy atom. The molecule has 1 saturated heterocycles. The van der Waals surface area contributed by atoms with Crippen LogP contribution in [-0.4, -0.2) is 46.2 Å². The van der Waals surface area contributed by atoms with Crippen LogP contribution in [0.4, 0.5) is 0 Å². The lowest BCUT2D eigenvalue weighted by Crippen LogP contribution is -2.63. The van der Waals surface area contributed by atoms with E-state index in [1.807, 2.05) is 0 Å². The first-order valence-electron chi connectivity index (χ1n) is 8.35. The highest BCUT2D eigenvalue weighted by Crippen LogP contribution is 2.22. The maximum atomic E-state index is 12.8. The molecule has 0 bridgehead atoms. The largest absolute Gasteiger partial charge is 0.508 e. The first kappa shape index (κ1) is 17.7. The molecule has 1 aliphatic heterocycles. The molecular formula is C20H20N2O4. The van der Waals surface area contributed by atoms with Crippen LogP contribution in [0.5, 0.6) is 5.75 Å². The molecule has 0 radical (unpaired) electrons. The standard InChI is InChI=1S/C20H20N2O4/c1-20(2)19(26)21-10-11-22(20)18(25)14-8-6-13(7-9-14)17(24)15-4-3-5-16(23)12-15/h3-9,12,23H,10-11H2,1-2H3,(H,21,26). The van der Waals surface area contributed by atoms with E-state index < -0.39 is 5.54 Å². The number of ketones is 1. The van der Waals surface area contributed by atoms with Gasteiger partial charge in [-0.05, 0) is 38.1 Å². The second-order valence-electron chi connectivity index (χ2n) is 6.73. The number of carbonyl (C=O) groups excluding carboxylic acids is 3. The summed E-state index contributed by atoms with van der Waals surface area (Å²) in [5, 5.41) is 12.3. The van der Waals surface area contributed by atoms with Crippen LogP contribution in [0.1, 0.15) is 40.1 Å². The molecular weight excluding hydrogens is 332 g/mol. The van der Waals surface area contributed by atoms with Crippen molar-refractivity contribution in [3.8, 4) is 5.75 Å². The van der Waals surface area contributed by atoms with Crippen molar-refractivity contribution in [2.24, 2.45) is 0 Å². The fourth-order valence-electron chi connectivity index (χ4n) is 2.99. The topological polar surface area (TPSA) is 86.7 Å². The number of rotatable bonds is 3. The van der Waals surface area contributed by atoms with E-state index in [0.717, 1.165) is 0 Å². The number of piperazine rings is 1. The maximum Gasteiger partial charge on any atom is 0.254 e. The number of aromatic hydroxyl groups is 1. The fraction of sp³-hybridized carbons (Fsp3) is 0.250. The number of hydrogen-bond acceptors (Lipinski definition) is 4. The van der Waals surface area contributed by atoms with Gasteiger partial charge in [0.15, 0.2) is 5.78 Å². The van der Waals surface area contributed by atoms with Crippen LogP contribution in [-0.2, 0) is 4.79 Å². The van der Waals surface area contributed by atoms with Gasteiger partial charge in [-0.3, -0.25) is 14.4 Å². The van der Waals surface area contributed by atoms with Gasteiger partial charge in [-0.25, -0.2) is 0 Å². The molecule has 1 fully saturated rings. The average Bonchev–Trinajstić information content (AvgIpc) is 2.63. The third kappa shape index (κ3) is 3.18.